The highest BCUT2D eigenvalue weighted by Gasteiger charge is 2.47. The number of piperidine rings is 1. The van der Waals surface area contributed by atoms with Gasteiger partial charge in [-0.25, -0.2) is 4.57 Å². The standard InChI is InChI=1S/C18H23F3N5O6P/c1-2-26-23-15(22-24-26)17(28,11-32-33(29,30)31)16(27)25-9-7-13(8-10-25)12-3-5-14(6-4-12)18(19,20)21/h3-6,13,28H,2,7-11H2,1H3,(H2,29,30,31)/t17-/m0/s1. The Kier molecular flexibility index (Phi) is 7.24. The molecule has 0 unspecified atom stereocenters. The summed E-state index contributed by atoms with van der Waals surface area (Å²) in [4.78, 5) is 33.5. The summed E-state index contributed by atoms with van der Waals surface area (Å²) in [6.45, 7) is 1.15. The maximum Gasteiger partial charge on any atom is 0.469 e. The van der Waals surface area contributed by atoms with Gasteiger partial charge in [0.05, 0.1) is 12.1 Å². The van der Waals surface area contributed by atoms with Gasteiger partial charge in [0.1, 0.15) is 6.61 Å². The Labute approximate surface area is 186 Å². The summed E-state index contributed by atoms with van der Waals surface area (Å²) in [5, 5.41) is 22.2. The van der Waals surface area contributed by atoms with Crippen molar-refractivity contribution in [3.05, 3.63) is 41.2 Å². The third kappa shape index (κ3) is 5.95. The van der Waals surface area contributed by atoms with Crippen LogP contribution in [0.5, 0.6) is 0 Å². The first kappa shape index (κ1) is 25.2. The lowest BCUT2D eigenvalue weighted by atomic mass is 9.88. The van der Waals surface area contributed by atoms with Crippen LogP contribution in [0.4, 0.5) is 13.2 Å². The predicted octanol–water partition coefficient (Wildman–Crippen LogP) is 1.41. The Hall–Kier alpha value is -2.38. The third-order valence-electron chi connectivity index (χ3n) is 5.39. The number of aromatic nitrogens is 4. The summed E-state index contributed by atoms with van der Waals surface area (Å²) in [6, 6.07) is 4.83. The molecule has 1 aromatic carbocycles. The van der Waals surface area contributed by atoms with Crippen molar-refractivity contribution in [2.24, 2.45) is 0 Å². The van der Waals surface area contributed by atoms with Gasteiger partial charge in [0.25, 0.3) is 5.91 Å². The van der Waals surface area contributed by atoms with Crippen LogP contribution in [0.3, 0.4) is 0 Å². The minimum Gasteiger partial charge on any atom is -0.371 e. The van der Waals surface area contributed by atoms with Crippen molar-refractivity contribution in [3.8, 4) is 0 Å². The molecular formula is C18H23F3N5O6P. The quantitative estimate of drug-likeness (QED) is 0.487. The minimum atomic E-state index is -5.02. The number of benzene rings is 1. The zero-order valence-electron chi connectivity index (χ0n) is 17.5. The number of likely N-dealkylation sites (tertiary alicyclic amines) is 1. The summed E-state index contributed by atoms with van der Waals surface area (Å²) >= 11 is 0. The van der Waals surface area contributed by atoms with Crippen molar-refractivity contribution in [1.82, 2.24) is 25.1 Å². The second kappa shape index (κ2) is 9.47. The highest BCUT2D eigenvalue weighted by Crippen LogP contribution is 2.39. The maximum atomic E-state index is 13.1. The van der Waals surface area contributed by atoms with Gasteiger partial charge in [0, 0.05) is 13.1 Å². The van der Waals surface area contributed by atoms with Crippen LogP contribution in [0.15, 0.2) is 24.3 Å². The molecule has 1 aliphatic heterocycles. The second-order valence-electron chi connectivity index (χ2n) is 7.61. The molecule has 15 heteroatoms. The van der Waals surface area contributed by atoms with Crippen molar-refractivity contribution in [2.75, 3.05) is 19.7 Å². The number of aryl methyl sites for hydroxylation is 1. The number of carbonyl (C=O) groups excluding carboxylic acids is 1. The normalized spacial score (nSPS) is 17.7. The number of hydrogen-bond acceptors (Lipinski definition) is 7. The summed E-state index contributed by atoms with van der Waals surface area (Å²) in [5.41, 5.74) is -2.64. The zero-order chi connectivity index (χ0) is 24.4. The molecule has 182 valence electrons. The molecule has 0 spiro atoms. The number of tetrazole rings is 1. The molecule has 0 bridgehead atoms. The highest BCUT2D eigenvalue weighted by atomic mass is 31.2. The van der Waals surface area contributed by atoms with Gasteiger partial charge >= 0.3 is 14.0 Å². The van der Waals surface area contributed by atoms with Gasteiger partial charge in [-0.2, -0.15) is 18.0 Å². The molecule has 33 heavy (non-hydrogen) atoms. The van der Waals surface area contributed by atoms with Crippen molar-refractivity contribution >= 4 is 13.7 Å². The van der Waals surface area contributed by atoms with E-state index in [1.807, 2.05) is 0 Å². The number of nitrogens with zero attached hydrogens (tertiary/aromatic N) is 5. The highest BCUT2D eigenvalue weighted by molar-refractivity contribution is 7.46. The van der Waals surface area contributed by atoms with Gasteiger partial charge < -0.3 is 19.8 Å². The van der Waals surface area contributed by atoms with Gasteiger partial charge in [-0.1, -0.05) is 12.1 Å². The minimum absolute atomic E-state index is 0.102. The Morgan fingerprint density at radius 1 is 1.21 bits per heavy atom. The third-order valence-corrected chi connectivity index (χ3v) is 5.86. The van der Waals surface area contributed by atoms with Crippen molar-refractivity contribution in [1.29, 1.82) is 0 Å². The number of amides is 1. The fraction of sp³-hybridized carbons (Fsp3) is 0.556. The van der Waals surface area contributed by atoms with E-state index >= 15 is 0 Å². The molecule has 1 amide bonds. The lowest BCUT2D eigenvalue weighted by Crippen LogP contribution is -2.52. The number of hydrogen-bond donors (Lipinski definition) is 3. The second-order valence-corrected chi connectivity index (χ2v) is 8.85. The molecule has 1 atom stereocenters. The average Bonchev–Trinajstić information content (AvgIpc) is 3.26. The molecule has 0 aliphatic carbocycles. The van der Waals surface area contributed by atoms with Crippen LogP contribution in [0, 0.1) is 0 Å². The van der Waals surface area contributed by atoms with Gasteiger partial charge in [-0.15, -0.1) is 10.2 Å². The fourth-order valence-electron chi connectivity index (χ4n) is 3.56. The van der Waals surface area contributed by atoms with Crippen LogP contribution in [-0.4, -0.2) is 65.6 Å². The first-order valence-electron chi connectivity index (χ1n) is 10.0. The summed E-state index contributed by atoms with van der Waals surface area (Å²) in [5.74, 6) is -1.49. The van der Waals surface area contributed by atoms with Crippen LogP contribution in [-0.2, 0) is 32.2 Å². The number of rotatable bonds is 7. The smallest absolute Gasteiger partial charge is 0.371 e. The number of halogens is 3. The SMILES string of the molecule is CCn1nnc([C@@](O)(COP(=O)(O)O)C(=O)N2CCC(c3ccc(C(F)(F)F)cc3)CC2)n1. The molecule has 11 nitrogen and oxygen atoms in total. The van der Waals surface area contributed by atoms with Crippen LogP contribution >= 0.6 is 7.82 Å². The largest absolute Gasteiger partial charge is 0.469 e. The summed E-state index contributed by atoms with van der Waals surface area (Å²) in [6.07, 6.45) is -3.62. The van der Waals surface area contributed by atoms with E-state index < -0.39 is 43.5 Å². The van der Waals surface area contributed by atoms with Crippen molar-refractivity contribution < 1.29 is 41.9 Å². The van der Waals surface area contributed by atoms with Gasteiger partial charge in [-0.3, -0.25) is 9.32 Å². The van der Waals surface area contributed by atoms with Crippen LogP contribution < -0.4 is 0 Å². The first-order valence-corrected chi connectivity index (χ1v) is 11.5. The van der Waals surface area contributed by atoms with E-state index in [0.29, 0.717) is 18.4 Å². The van der Waals surface area contributed by atoms with Crippen molar-refractivity contribution in [3.63, 3.8) is 0 Å². The van der Waals surface area contributed by atoms with Crippen LogP contribution in [0.1, 0.15) is 42.6 Å². The van der Waals surface area contributed by atoms with Gasteiger partial charge in [0.15, 0.2) is 0 Å². The molecule has 1 saturated heterocycles. The lowest BCUT2D eigenvalue weighted by molar-refractivity contribution is -0.158. The maximum absolute atomic E-state index is 13.1. The Balaban J connectivity index is 1.73. The Bertz CT molecular complexity index is 1020. The topological polar surface area (TPSA) is 151 Å². The molecule has 0 radical (unpaired) electrons. The van der Waals surface area contributed by atoms with E-state index in [-0.39, 0.29) is 25.6 Å². The number of phosphoric acid groups is 1. The van der Waals surface area contributed by atoms with Crippen LogP contribution in [0.2, 0.25) is 0 Å². The van der Waals surface area contributed by atoms with E-state index in [1.165, 1.54) is 17.0 Å². The average molecular weight is 493 g/mol. The van der Waals surface area contributed by atoms with E-state index in [1.54, 1.807) is 6.92 Å². The summed E-state index contributed by atoms with van der Waals surface area (Å²) < 4.78 is 53.9. The molecule has 3 N–H and O–H groups in total. The number of phosphoric ester groups is 1. The molecule has 1 aromatic heterocycles. The number of alkyl halides is 3. The Morgan fingerprint density at radius 2 is 1.82 bits per heavy atom. The molecule has 2 aromatic rings. The van der Waals surface area contributed by atoms with Crippen molar-refractivity contribution in [2.45, 2.75) is 44.0 Å². The molecule has 0 saturated carbocycles. The molecule has 1 aliphatic rings. The Morgan fingerprint density at radius 3 is 2.30 bits per heavy atom. The zero-order valence-corrected chi connectivity index (χ0v) is 18.4. The molecular weight excluding hydrogens is 470 g/mol. The fourth-order valence-corrected chi connectivity index (χ4v) is 3.92. The number of carbonyl (C=O) groups is 1. The molecule has 3 rings (SSSR count). The predicted molar refractivity (Wildman–Crippen MR) is 105 cm³/mol. The van der Waals surface area contributed by atoms with E-state index in [0.717, 1.165) is 16.9 Å². The van der Waals surface area contributed by atoms with E-state index in [4.69, 9.17) is 9.79 Å². The monoisotopic (exact) mass is 493 g/mol. The molecule has 2 heterocycles. The van der Waals surface area contributed by atoms with E-state index in [2.05, 4.69) is 19.9 Å². The van der Waals surface area contributed by atoms with E-state index in [9.17, 15) is 27.6 Å². The van der Waals surface area contributed by atoms with Crippen LogP contribution in [0.25, 0.3) is 0 Å². The van der Waals surface area contributed by atoms with Gasteiger partial charge in [-0.05, 0) is 48.6 Å². The first-order chi connectivity index (χ1) is 15.3. The van der Waals surface area contributed by atoms with Gasteiger partial charge in [0.2, 0.25) is 11.4 Å². The lowest BCUT2D eigenvalue weighted by Gasteiger charge is -2.36. The number of aliphatic hydroxyl groups is 1. The molecule has 1 fully saturated rings. The summed E-state index contributed by atoms with van der Waals surface area (Å²) in [7, 11) is -5.02.